The summed E-state index contributed by atoms with van der Waals surface area (Å²) < 4.78 is 43.0. The van der Waals surface area contributed by atoms with Crippen LogP contribution in [0.4, 0.5) is 0 Å². The van der Waals surface area contributed by atoms with Gasteiger partial charge in [-0.3, -0.25) is 19.2 Å². The number of ether oxygens (including phenoxy) is 7. The molecule has 7 rings (SSSR count). The van der Waals surface area contributed by atoms with Crippen LogP contribution in [-0.2, 0) is 57.1 Å². The summed E-state index contributed by atoms with van der Waals surface area (Å²) >= 11 is 0. The summed E-state index contributed by atoms with van der Waals surface area (Å²) in [7, 11) is 0. The van der Waals surface area contributed by atoms with Crippen molar-refractivity contribution in [2.45, 2.75) is 147 Å². The third kappa shape index (κ3) is 8.92. The number of Topliss-reactive ketones (excluding diaryl/α,β-unsaturated/α-hetero) is 1. The Morgan fingerprint density at radius 2 is 1.51 bits per heavy atom. The molecule has 2 heterocycles. The van der Waals surface area contributed by atoms with Crippen molar-refractivity contribution in [1.29, 1.82) is 0 Å². The van der Waals surface area contributed by atoms with Gasteiger partial charge in [-0.05, 0) is 56.5 Å². The van der Waals surface area contributed by atoms with Crippen LogP contribution in [0.15, 0.2) is 83.5 Å². The van der Waals surface area contributed by atoms with E-state index in [0.29, 0.717) is 5.56 Å². The molecule has 5 aliphatic rings. The van der Waals surface area contributed by atoms with E-state index in [1.165, 1.54) is 39.8 Å². The van der Waals surface area contributed by atoms with E-state index in [4.69, 9.17) is 33.2 Å². The van der Waals surface area contributed by atoms with Crippen LogP contribution < -0.4 is 5.32 Å². The van der Waals surface area contributed by atoms with Crippen LogP contribution in [-0.4, -0.2) is 147 Å². The smallest absolute Gasteiger partial charge is 0.338 e. The fraction of sp³-hybridized carbons (Fsp3) is 0.560. The molecule has 0 spiro atoms. The number of ketones is 1. The standard InChI is InChI=1S/C50H61NO18/c1-9-24(2)43(59)51-35(28-16-12-10-13-17-28)37(56)45(61)66-31-21-50(62)42(68-44(60)29-18-14-11-15-19-29)40-48(8,41(58)39(65-26(4)52)34(25(31)3)47(50,6)7)32(20-33-49(40,23-64-33)69-27(5)53)67-46-38(57)36(55)30(54)22-63-46/h9-19,30-33,35-40,42,46,54-57,62H,20-23H2,1-8H3,(H,51,59)/b24-9+/t30-,31+,32+,33-,35+,36+,37-,38-,39-,40+,42+,46+,48-,49+,50-/m1/s1. The van der Waals surface area contributed by atoms with Gasteiger partial charge >= 0.3 is 23.9 Å². The zero-order valence-electron chi connectivity index (χ0n) is 39.7. The van der Waals surface area contributed by atoms with Crippen molar-refractivity contribution >= 4 is 35.6 Å². The number of aliphatic hydroxyl groups is 5. The first-order valence-electron chi connectivity index (χ1n) is 22.8. The van der Waals surface area contributed by atoms with Gasteiger partial charge in [-0.2, -0.15) is 0 Å². The highest BCUT2D eigenvalue weighted by Gasteiger charge is 2.79. The molecule has 19 nitrogen and oxygen atoms in total. The number of esters is 4. The molecule has 19 heteroatoms. The molecule has 69 heavy (non-hydrogen) atoms. The molecule has 0 radical (unpaired) electrons. The van der Waals surface area contributed by atoms with Gasteiger partial charge in [0, 0.05) is 37.7 Å². The van der Waals surface area contributed by atoms with Gasteiger partial charge in [0.05, 0.1) is 42.3 Å². The second-order valence-electron chi connectivity index (χ2n) is 19.3. The summed E-state index contributed by atoms with van der Waals surface area (Å²) in [4.78, 5) is 85.0. The molecule has 6 N–H and O–H groups in total. The lowest BCUT2D eigenvalue weighted by atomic mass is 9.44. The Kier molecular flexibility index (Phi) is 14.5. The summed E-state index contributed by atoms with van der Waals surface area (Å²) in [5, 5.41) is 60.6. The lowest BCUT2D eigenvalue weighted by Gasteiger charge is -2.68. The van der Waals surface area contributed by atoms with Crippen molar-refractivity contribution in [3.8, 4) is 0 Å². The van der Waals surface area contributed by atoms with Crippen molar-refractivity contribution in [2.75, 3.05) is 13.2 Å². The molecule has 2 aromatic carbocycles. The molecule has 15 atom stereocenters. The topological polar surface area (TPSA) is 280 Å². The monoisotopic (exact) mass is 963 g/mol. The molecule has 3 aliphatic carbocycles. The molecule has 2 aromatic rings. The summed E-state index contributed by atoms with van der Waals surface area (Å²) in [6, 6.07) is 14.5. The third-order valence-corrected chi connectivity index (χ3v) is 15.0. The average molecular weight is 964 g/mol. The van der Waals surface area contributed by atoms with Gasteiger partial charge in [-0.1, -0.05) is 68.5 Å². The second kappa shape index (κ2) is 19.4. The average Bonchev–Trinajstić information content (AvgIpc) is 3.30. The van der Waals surface area contributed by atoms with Crippen LogP contribution in [0.25, 0.3) is 0 Å². The Morgan fingerprint density at radius 3 is 2.09 bits per heavy atom. The minimum atomic E-state index is -2.50. The molecule has 2 saturated heterocycles. The molecular formula is C50H61NO18. The minimum Gasteiger partial charge on any atom is -0.456 e. The molecule has 0 aromatic heterocycles. The lowest BCUT2D eigenvalue weighted by molar-refractivity contribution is -0.366. The number of hydrogen-bond donors (Lipinski definition) is 6. The number of hydrogen-bond acceptors (Lipinski definition) is 18. The molecule has 0 unspecified atom stereocenters. The Morgan fingerprint density at radius 1 is 0.870 bits per heavy atom. The predicted octanol–water partition coefficient (Wildman–Crippen LogP) is 1.85. The second-order valence-corrected chi connectivity index (χ2v) is 19.3. The highest BCUT2D eigenvalue weighted by molar-refractivity contribution is 5.96. The highest BCUT2D eigenvalue weighted by atomic mass is 16.7. The Labute approximate surface area is 398 Å². The number of fused-ring (bicyclic) bond motifs is 5. The van der Waals surface area contributed by atoms with Crippen molar-refractivity contribution < 1.29 is 87.5 Å². The van der Waals surface area contributed by atoms with Gasteiger partial charge in [0.15, 0.2) is 29.9 Å². The van der Waals surface area contributed by atoms with Crippen molar-refractivity contribution in [2.24, 2.45) is 16.7 Å². The van der Waals surface area contributed by atoms with Crippen molar-refractivity contribution in [3.05, 3.63) is 94.6 Å². The first-order valence-corrected chi connectivity index (χ1v) is 22.8. The first-order chi connectivity index (χ1) is 32.4. The highest BCUT2D eigenvalue weighted by Crippen LogP contribution is 2.65. The maximum atomic E-state index is 16.2. The zero-order valence-corrected chi connectivity index (χ0v) is 39.7. The van der Waals surface area contributed by atoms with Gasteiger partial charge in [-0.15, -0.1) is 0 Å². The Hall–Kier alpha value is -5.38. The van der Waals surface area contributed by atoms with E-state index in [9.17, 15) is 49.5 Å². The molecule has 1 amide bonds. The van der Waals surface area contributed by atoms with E-state index in [-0.39, 0.29) is 28.7 Å². The summed E-state index contributed by atoms with van der Waals surface area (Å²) in [5.41, 5.74) is -7.65. The SMILES string of the molecule is C/C=C(\C)C(=O)N[C@@H](c1ccccc1)[C@@H](O)C(=O)O[C@H]1C[C@@]2(O)[C@@H](OC(=O)c3ccccc3)[C@@H]3[C@]4(OC(C)=O)CO[C@@H]4C[C@H](O[C@@H]4OC[C@@H](O)[C@H](O)[C@H]4O)[C@@]3(C)C(=O)[C@H](OC(C)=O)C(=C1C)C2(C)C. The van der Waals surface area contributed by atoms with Gasteiger partial charge in [-0.25, -0.2) is 9.59 Å². The third-order valence-electron chi connectivity index (χ3n) is 15.0. The summed E-state index contributed by atoms with van der Waals surface area (Å²) in [6.45, 7) is 10.4. The van der Waals surface area contributed by atoms with Crippen LogP contribution in [0, 0.1) is 16.7 Å². The van der Waals surface area contributed by atoms with E-state index in [2.05, 4.69) is 5.32 Å². The molecule has 374 valence electrons. The Balaban J connectivity index is 1.44. The number of rotatable bonds is 12. The molecule has 4 fully saturated rings. The minimum absolute atomic E-state index is 0.0145. The van der Waals surface area contributed by atoms with E-state index in [1.54, 1.807) is 68.5 Å². The summed E-state index contributed by atoms with van der Waals surface area (Å²) in [5.74, 6) is -7.25. The number of allylic oxidation sites excluding steroid dienone is 1. The number of nitrogens with one attached hydrogen (secondary N) is 1. The van der Waals surface area contributed by atoms with Crippen LogP contribution in [0.2, 0.25) is 0 Å². The van der Waals surface area contributed by atoms with Crippen LogP contribution >= 0.6 is 0 Å². The fourth-order valence-corrected chi connectivity index (χ4v) is 11.0. The molecule has 2 aliphatic heterocycles. The normalized spacial score (nSPS) is 35.8. The van der Waals surface area contributed by atoms with Gasteiger partial charge < -0.3 is 64.0 Å². The number of carbonyl (C=O) groups is 6. The lowest BCUT2D eigenvalue weighted by Crippen LogP contribution is -2.82. The number of carbonyl (C=O) groups excluding carboxylic acids is 6. The fourth-order valence-electron chi connectivity index (χ4n) is 11.0. The van der Waals surface area contributed by atoms with E-state index in [0.717, 1.165) is 13.8 Å². The van der Waals surface area contributed by atoms with Crippen LogP contribution in [0.5, 0.6) is 0 Å². The van der Waals surface area contributed by atoms with Crippen LogP contribution in [0.1, 0.15) is 90.2 Å². The summed E-state index contributed by atoms with van der Waals surface area (Å²) in [6.07, 6.45) is -16.3. The predicted molar refractivity (Wildman–Crippen MR) is 238 cm³/mol. The molecule has 2 saturated carbocycles. The molecule has 2 bridgehead atoms. The number of benzene rings is 2. The van der Waals surface area contributed by atoms with Gasteiger partial charge in [0.25, 0.3) is 0 Å². The van der Waals surface area contributed by atoms with E-state index < -0.39 is 150 Å². The maximum Gasteiger partial charge on any atom is 0.338 e. The zero-order chi connectivity index (χ0) is 50.5. The largest absolute Gasteiger partial charge is 0.456 e. The van der Waals surface area contributed by atoms with Crippen molar-refractivity contribution in [3.63, 3.8) is 0 Å². The molecular weight excluding hydrogens is 903 g/mol. The van der Waals surface area contributed by atoms with Gasteiger partial charge in [0.2, 0.25) is 5.91 Å². The maximum absolute atomic E-state index is 16.2. The van der Waals surface area contributed by atoms with Gasteiger partial charge in [0.1, 0.15) is 42.2 Å². The van der Waals surface area contributed by atoms with Crippen LogP contribution in [0.3, 0.4) is 0 Å². The first kappa shape index (κ1) is 51.5. The van der Waals surface area contributed by atoms with E-state index in [1.807, 2.05) is 0 Å². The number of aliphatic hydroxyl groups excluding tert-OH is 4. The van der Waals surface area contributed by atoms with E-state index >= 15 is 4.79 Å². The Bertz CT molecular complexity index is 2390. The van der Waals surface area contributed by atoms with Crippen molar-refractivity contribution in [1.82, 2.24) is 5.32 Å². The number of amides is 1. The quantitative estimate of drug-likeness (QED) is 0.0766.